The molecule has 0 radical (unpaired) electrons. The number of anilines is 1. The number of para-hydroxylation sites is 1. The topological polar surface area (TPSA) is 73.1 Å². The average Bonchev–Trinajstić information content (AvgIpc) is 2.75. The van der Waals surface area contributed by atoms with Crippen molar-refractivity contribution in [1.29, 1.82) is 0 Å². The molecule has 1 aromatic carbocycles. The lowest BCUT2D eigenvalue weighted by molar-refractivity contribution is 0.300. The predicted octanol–water partition coefficient (Wildman–Crippen LogP) is 2.17. The molecule has 0 aliphatic heterocycles. The molecule has 0 unspecified atom stereocenters. The van der Waals surface area contributed by atoms with E-state index in [-0.39, 0.29) is 0 Å². The van der Waals surface area contributed by atoms with Gasteiger partial charge in [0.25, 0.3) is 0 Å². The van der Waals surface area contributed by atoms with E-state index < -0.39 is 0 Å². The van der Waals surface area contributed by atoms with Crippen molar-refractivity contribution in [2.45, 2.75) is 6.61 Å². The van der Waals surface area contributed by atoms with Crippen molar-refractivity contribution in [2.24, 2.45) is 5.84 Å². The van der Waals surface area contributed by atoms with E-state index in [1.165, 1.54) is 11.5 Å². The van der Waals surface area contributed by atoms with Gasteiger partial charge in [-0.15, -0.1) is 5.10 Å². The van der Waals surface area contributed by atoms with E-state index in [2.05, 4.69) is 30.9 Å². The van der Waals surface area contributed by atoms with Crippen LogP contribution in [0.1, 0.15) is 5.69 Å². The molecule has 2 aromatic rings. The van der Waals surface area contributed by atoms with E-state index in [0.29, 0.717) is 17.3 Å². The number of nitrogens with two attached hydrogens (primary N) is 1. The molecule has 84 valence electrons. The quantitative estimate of drug-likeness (QED) is 0.669. The number of halogens is 1. The van der Waals surface area contributed by atoms with Gasteiger partial charge in [-0.3, -0.25) is 0 Å². The van der Waals surface area contributed by atoms with Gasteiger partial charge in [0.05, 0.1) is 4.47 Å². The van der Waals surface area contributed by atoms with Crippen molar-refractivity contribution in [3.8, 4) is 5.75 Å². The molecule has 0 atom stereocenters. The minimum absolute atomic E-state index is 0.332. The number of hydrogen-bond donors (Lipinski definition) is 2. The summed E-state index contributed by atoms with van der Waals surface area (Å²) in [7, 11) is 0. The highest BCUT2D eigenvalue weighted by atomic mass is 79.9. The summed E-state index contributed by atoms with van der Waals surface area (Å²) in [6.45, 7) is 0.332. The van der Waals surface area contributed by atoms with Gasteiger partial charge in [-0.25, -0.2) is 5.84 Å². The van der Waals surface area contributed by atoms with Crippen LogP contribution in [0.5, 0.6) is 5.75 Å². The maximum Gasteiger partial charge on any atom is 0.150 e. The number of aromatic nitrogens is 2. The smallest absolute Gasteiger partial charge is 0.150 e. The third-order valence-corrected chi connectivity index (χ3v) is 3.24. The van der Waals surface area contributed by atoms with Crippen LogP contribution in [0.2, 0.25) is 0 Å². The van der Waals surface area contributed by atoms with Crippen molar-refractivity contribution in [1.82, 2.24) is 9.59 Å². The lowest BCUT2D eigenvalue weighted by atomic mass is 10.3. The molecule has 0 bridgehead atoms. The molecule has 0 amide bonds. The lowest BCUT2D eigenvalue weighted by Crippen LogP contribution is -2.08. The molecule has 3 N–H and O–H groups in total. The van der Waals surface area contributed by atoms with Gasteiger partial charge in [0.1, 0.15) is 18.1 Å². The minimum atomic E-state index is 0.332. The zero-order valence-corrected chi connectivity index (χ0v) is 10.6. The second-order valence-electron chi connectivity index (χ2n) is 2.91. The molecular weight excluding hydrogens is 292 g/mol. The second-order valence-corrected chi connectivity index (χ2v) is 4.52. The molecule has 0 spiro atoms. The minimum Gasteiger partial charge on any atom is -0.486 e. The fraction of sp³-hybridized carbons (Fsp3) is 0.111. The van der Waals surface area contributed by atoms with Crippen LogP contribution < -0.4 is 16.0 Å². The van der Waals surface area contributed by atoms with Crippen molar-refractivity contribution in [3.63, 3.8) is 0 Å². The van der Waals surface area contributed by atoms with Crippen LogP contribution in [-0.4, -0.2) is 9.59 Å². The van der Waals surface area contributed by atoms with Crippen molar-refractivity contribution in [2.75, 3.05) is 5.43 Å². The molecule has 0 aliphatic carbocycles. The van der Waals surface area contributed by atoms with E-state index >= 15 is 0 Å². The van der Waals surface area contributed by atoms with Gasteiger partial charge in [-0.05, 0) is 28.1 Å². The van der Waals surface area contributed by atoms with Gasteiger partial charge < -0.3 is 10.2 Å². The van der Waals surface area contributed by atoms with E-state index in [1.54, 1.807) is 0 Å². The zero-order valence-electron chi connectivity index (χ0n) is 8.18. The van der Waals surface area contributed by atoms with E-state index in [1.807, 2.05) is 24.3 Å². The highest BCUT2D eigenvalue weighted by Crippen LogP contribution is 2.25. The molecule has 0 aliphatic rings. The Labute approximate surface area is 105 Å². The molecule has 0 saturated heterocycles. The van der Waals surface area contributed by atoms with Crippen LogP contribution in [0.25, 0.3) is 0 Å². The van der Waals surface area contributed by atoms with Crippen molar-refractivity contribution < 1.29 is 4.74 Å². The van der Waals surface area contributed by atoms with Crippen LogP contribution in [0.3, 0.4) is 0 Å². The van der Waals surface area contributed by atoms with Gasteiger partial charge in [0, 0.05) is 11.5 Å². The van der Waals surface area contributed by atoms with E-state index in [4.69, 9.17) is 10.6 Å². The predicted molar refractivity (Wildman–Crippen MR) is 66.2 cm³/mol. The normalized spacial score (nSPS) is 10.1. The molecule has 7 heteroatoms. The van der Waals surface area contributed by atoms with E-state index in [9.17, 15) is 0 Å². The van der Waals surface area contributed by atoms with Crippen LogP contribution in [0.15, 0.2) is 28.7 Å². The SMILES string of the molecule is NNc1snnc1COc1ccccc1Br. The maximum absolute atomic E-state index is 5.59. The molecule has 1 aromatic heterocycles. The highest BCUT2D eigenvalue weighted by Gasteiger charge is 2.08. The number of nitrogens with zero attached hydrogens (tertiary/aromatic N) is 2. The summed E-state index contributed by atoms with van der Waals surface area (Å²) in [5.41, 5.74) is 3.23. The first-order chi connectivity index (χ1) is 7.81. The fourth-order valence-corrected chi connectivity index (χ4v) is 2.00. The number of hydrazine groups is 1. The standard InChI is InChI=1S/C9H9BrN4OS/c10-6-3-1-2-4-8(6)15-5-7-9(12-11)16-14-13-7/h1-4,12H,5,11H2. The van der Waals surface area contributed by atoms with Crippen LogP contribution >= 0.6 is 27.5 Å². The van der Waals surface area contributed by atoms with Gasteiger partial charge in [-0.2, -0.15) is 0 Å². The Morgan fingerprint density at radius 2 is 2.25 bits per heavy atom. The lowest BCUT2D eigenvalue weighted by Gasteiger charge is -2.06. The fourth-order valence-electron chi connectivity index (χ4n) is 1.12. The zero-order chi connectivity index (χ0) is 11.4. The van der Waals surface area contributed by atoms with Crippen LogP contribution in [0.4, 0.5) is 5.00 Å². The number of rotatable bonds is 4. The third kappa shape index (κ3) is 2.49. The Kier molecular flexibility index (Phi) is 3.70. The Bertz CT molecular complexity index is 476. The number of hydrogen-bond acceptors (Lipinski definition) is 6. The Hall–Kier alpha value is -1.18. The molecule has 0 saturated carbocycles. The van der Waals surface area contributed by atoms with Crippen LogP contribution in [0, 0.1) is 0 Å². The Balaban J connectivity index is 2.05. The van der Waals surface area contributed by atoms with Crippen LogP contribution in [-0.2, 0) is 6.61 Å². The molecule has 1 heterocycles. The average molecular weight is 301 g/mol. The van der Waals surface area contributed by atoms with Crippen molar-refractivity contribution in [3.05, 3.63) is 34.4 Å². The monoisotopic (exact) mass is 300 g/mol. The van der Waals surface area contributed by atoms with Gasteiger partial charge in [0.15, 0.2) is 5.00 Å². The largest absolute Gasteiger partial charge is 0.486 e. The molecule has 5 nitrogen and oxygen atoms in total. The van der Waals surface area contributed by atoms with Crippen molar-refractivity contribution >= 4 is 32.5 Å². The molecule has 16 heavy (non-hydrogen) atoms. The Morgan fingerprint density at radius 3 is 3.00 bits per heavy atom. The summed E-state index contributed by atoms with van der Waals surface area (Å²) in [6, 6.07) is 7.62. The van der Waals surface area contributed by atoms with Gasteiger partial charge in [0.2, 0.25) is 0 Å². The first kappa shape index (κ1) is 11.3. The highest BCUT2D eigenvalue weighted by molar-refractivity contribution is 9.10. The molecule has 2 rings (SSSR count). The summed E-state index contributed by atoms with van der Waals surface area (Å²) >= 11 is 4.60. The summed E-state index contributed by atoms with van der Waals surface area (Å²) in [5, 5.41) is 4.63. The number of nitrogen functional groups attached to an aromatic ring is 1. The molecular formula is C9H9BrN4OS. The number of ether oxygens (including phenoxy) is 1. The molecule has 0 fully saturated rings. The second kappa shape index (κ2) is 5.24. The van der Waals surface area contributed by atoms with Gasteiger partial charge >= 0.3 is 0 Å². The maximum atomic E-state index is 5.59. The number of benzene rings is 1. The Morgan fingerprint density at radius 1 is 1.44 bits per heavy atom. The van der Waals surface area contributed by atoms with E-state index in [0.717, 1.165) is 10.2 Å². The van der Waals surface area contributed by atoms with Gasteiger partial charge in [-0.1, -0.05) is 16.6 Å². The summed E-state index contributed by atoms with van der Waals surface area (Å²) in [4.78, 5) is 0. The summed E-state index contributed by atoms with van der Waals surface area (Å²) < 4.78 is 10.3. The summed E-state index contributed by atoms with van der Waals surface area (Å²) in [6.07, 6.45) is 0. The number of nitrogens with one attached hydrogen (secondary N) is 1. The summed E-state index contributed by atoms with van der Waals surface area (Å²) in [5.74, 6) is 6.07. The first-order valence-electron chi connectivity index (χ1n) is 4.46. The first-order valence-corrected chi connectivity index (χ1v) is 6.03. The third-order valence-electron chi connectivity index (χ3n) is 1.89.